The first kappa shape index (κ1) is 17.1. The summed E-state index contributed by atoms with van der Waals surface area (Å²) >= 11 is 0. The van der Waals surface area contributed by atoms with Crippen LogP contribution in [0.3, 0.4) is 0 Å². The van der Waals surface area contributed by atoms with Gasteiger partial charge < -0.3 is 24.0 Å². The second-order valence-electron chi connectivity index (χ2n) is 4.64. The highest BCUT2D eigenvalue weighted by molar-refractivity contribution is 6.37. The van der Waals surface area contributed by atoms with Crippen LogP contribution in [0.5, 0.6) is 0 Å². The standard InChI is InChI=1S/C10H23BO5Si/c1-7(12)5-14-8(2)6-15-9(3)10(4,13)17-16-11/h7-9,12-13H,5-6,17H2,1-4H3. The molecule has 0 saturated heterocycles. The Morgan fingerprint density at radius 1 is 1.24 bits per heavy atom. The predicted molar refractivity (Wildman–Crippen MR) is 68.5 cm³/mol. The molecule has 0 spiro atoms. The van der Waals surface area contributed by atoms with Crippen LogP contribution in [0.2, 0.25) is 0 Å². The van der Waals surface area contributed by atoms with Crippen LogP contribution in [0, 0.1) is 0 Å². The molecule has 0 aliphatic carbocycles. The lowest BCUT2D eigenvalue weighted by Gasteiger charge is -2.30. The molecule has 7 heteroatoms. The Bertz CT molecular complexity index is 203. The van der Waals surface area contributed by atoms with Gasteiger partial charge in [0.2, 0.25) is 0 Å². The van der Waals surface area contributed by atoms with Crippen molar-refractivity contribution in [3.63, 3.8) is 0 Å². The fraction of sp³-hybridized carbons (Fsp3) is 1.00. The number of hydrogen-bond acceptors (Lipinski definition) is 5. The van der Waals surface area contributed by atoms with E-state index >= 15 is 0 Å². The van der Waals surface area contributed by atoms with Crippen molar-refractivity contribution < 1.29 is 24.0 Å². The lowest BCUT2D eigenvalue weighted by atomic mass is 10.2. The molecule has 0 heterocycles. The molecule has 0 aliphatic rings. The zero-order chi connectivity index (χ0) is 13.5. The third kappa shape index (κ3) is 7.91. The average molecular weight is 262 g/mol. The summed E-state index contributed by atoms with van der Waals surface area (Å²) in [4.78, 5) is 0. The number of aliphatic hydroxyl groups is 2. The lowest BCUT2D eigenvalue weighted by molar-refractivity contribution is -0.0918. The lowest BCUT2D eigenvalue weighted by Crippen LogP contribution is -2.46. The first-order chi connectivity index (χ1) is 7.79. The smallest absolute Gasteiger partial charge is 0.263 e. The molecule has 0 saturated carbocycles. The molecule has 100 valence electrons. The molecule has 0 fully saturated rings. The Morgan fingerprint density at radius 2 is 1.82 bits per heavy atom. The average Bonchev–Trinajstić information content (AvgIpc) is 2.22. The summed E-state index contributed by atoms with van der Waals surface area (Å²) < 4.78 is 15.4. The fourth-order valence-electron chi connectivity index (χ4n) is 1.10. The second kappa shape index (κ2) is 8.23. The topological polar surface area (TPSA) is 68.2 Å². The first-order valence-electron chi connectivity index (χ1n) is 5.75. The highest BCUT2D eigenvalue weighted by atomic mass is 28.2. The minimum absolute atomic E-state index is 0.136. The van der Waals surface area contributed by atoms with Gasteiger partial charge in [-0.1, -0.05) is 0 Å². The summed E-state index contributed by atoms with van der Waals surface area (Å²) in [5, 5.41) is 18.0. The Balaban J connectivity index is 3.86. The number of aliphatic hydroxyl groups excluding tert-OH is 1. The van der Waals surface area contributed by atoms with E-state index in [1.807, 2.05) is 6.92 Å². The van der Waals surface area contributed by atoms with Crippen molar-refractivity contribution in [2.24, 2.45) is 0 Å². The van der Waals surface area contributed by atoms with Gasteiger partial charge in [0.15, 0.2) is 9.76 Å². The van der Waals surface area contributed by atoms with Gasteiger partial charge >= 0.3 is 0 Å². The summed E-state index contributed by atoms with van der Waals surface area (Å²) in [6.07, 6.45) is -0.991. The van der Waals surface area contributed by atoms with Crippen LogP contribution in [-0.4, -0.2) is 64.8 Å². The molecule has 17 heavy (non-hydrogen) atoms. The van der Waals surface area contributed by atoms with E-state index < -0.39 is 21.1 Å². The van der Waals surface area contributed by atoms with E-state index in [0.29, 0.717) is 6.61 Å². The monoisotopic (exact) mass is 262 g/mol. The van der Waals surface area contributed by atoms with Crippen molar-refractivity contribution in [2.75, 3.05) is 13.2 Å². The molecule has 0 aromatic heterocycles. The summed E-state index contributed by atoms with van der Waals surface area (Å²) in [5.41, 5.74) is 0. The maximum absolute atomic E-state index is 9.96. The van der Waals surface area contributed by atoms with E-state index in [4.69, 9.17) is 22.6 Å². The van der Waals surface area contributed by atoms with Crippen molar-refractivity contribution in [3.05, 3.63) is 0 Å². The van der Waals surface area contributed by atoms with Crippen LogP contribution in [0.15, 0.2) is 0 Å². The van der Waals surface area contributed by atoms with Crippen molar-refractivity contribution in [1.82, 2.24) is 0 Å². The van der Waals surface area contributed by atoms with Gasteiger partial charge in [-0.05, 0) is 27.7 Å². The van der Waals surface area contributed by atoms with E-state index in [9.17, 15) is 5.11 Å². The molecule has 4 unspecified atom stereocenters. The van der Waals surface area contributed by atoms with Crippen molar-refractivity contribution >= 4 is 17.8 Å². The molecular formula is C10H23BO5Si. The van der Waals surface area contributed by atoms with E-state index in [0.717, 1.165) is 0 Å². The minimum Gasteiger partial charge on any atom is -0.487 e. The van der Waals surface area contributed by atoms with Gasteiger partial charge in [0.05, 0.1) is 36.7 Å². The van der Waals surface area contributed by atoms with Gasteiger partial charge in [-0.15, -0.1) is 0 Å². The largest absolute Gasteiger partial charge is 0.487 e. The summed E-state index contributed by atoms with van der Waals surface area (Å²) in [5.74, 6) is 0. The second-order valence-corrected chi connectivity index (χ2v) is 6.69. The summed E-state index contributed by atoms with van der Waals surface area (Å²) in [7, 11) is 3.74. The van der Waals surface area contributed by atoms with Crippen molar-refractivity contribution in [2.45, 2.75) is 51.2 Å². The number of ether oxygens (including phenoxy) is 2. The molecule has 2 N–H and O–H groups in total. The van der Waals surface area contributed by atoms with E-state index in [-0.39, 0.29) is 18.8 Å². The van der Waals surface area contributed by atoms with Crippen LogP contribution in [0.4, 0.5) is 0 Å². The summed E-state index contributed by atoms with van der Waals surface area (Å²) in [6.45, 7) is 7.55. The maximum atomic E-state index is 9.96. The Kier molecular flexibility index (Phi) is 8.27. The molecule has 0 amide bonds. The fourth-order valence-corrected chi connectivity index (χ4v) is 1.79. The van der Waals surface area contributed by atoms with Crippen LogP contribution >= 0.6 is 0 Å². The quantitative estimate of drug-likeness (QED) is 0.525. The van der Waals surface area contributed by atoms with Gasteiger partial charge in [-0.25, -0.2) is 0 Å². The zero-order valence-corrected chi connectivity index (χ0v) is 12.5. The molecule has 0 rings (SSSR count). The third-order valence-corrected chi connectivity index (χ3v) is 3.78. The van der Waals surface area contributed by atoms with E-state index in [2.05, 4.69) is 4.34 Å². The zero-order valence-electron chi connectivity index (χ0n) is 11.0. The van der Waals surface area contributed by atoms with E-state index in [1.54, 1.807) is 20.8 Å². The van der Waals surface area contributed by atoms with Crippen LogP contribution < -0.4 is 0 Å². The molecule has 0 aromatic carbocycles. The van der Waals surface area contributed by atoms with Crippen molar-refractivity contribution in [1.29, 1.82) is 0 Å². The molecule has 2 radical (unpaired) electrons. The molecule has 0 aliphatic heterocycles. The Labute approximate surface area is 107 Å². The van der Waals surface area contributed by atoms with Crippen LogP contribution in [-0.2, 0) is 13.8 Å². The number of hydrogen-bond donors (Lipinski definition) is 2. The SMILES string of the molecule is [B]O[SiH2]C(C)(O)C(C)OCC(C)OCC(C)O. The maximum Gasteiger partial charge on any atom is 0.263 e. The van der Waals surface area contributed by atoms with Crippen molar-refractivity contribution in [3.8, 4) is 0 Å². The molecular weight excluding hydrogens is 239 g/mol. The van der Waals surface area contributed by atoms with Gasteiger partial charge in [0.1, 0.15) is 0 Å². The Morgan fingerprint density at radius 3 is 2.29 bits per heavy atom. The molecule has 5 nitrogen and oxygen atoms in total. The van der Waals surface area contributed by atoms with Gasteiger partial charge in [-0.2, -0.15) is 0 Å². The first-order valence-corrected chi connectivity index (χ1v) is 7.03. The highest BCUT2D eigenvalue weighted by Gasteiger charge is 2.30. The minimum atomic E-state index is -1.24. The molecule has 4 atom stereocenters. The highest BCUT2D eigenvalue weighted by Crippen LogP contribution is 2.12. The van der Waals surface area contributed by atoms with Crippen LogP contribution in [0.25, 0.3) is 0 Å². The van der Waals surface area contributed by atoms with Gasteiger partial charge in [-0.3, -0.25) is 0 Å². The normalized spacial score (nSPS) is 21.3. The summed E-state index contributed by atoms with van der Waals surface area (Å²) in [6, 6.07) is 0. The van der Waals surface area contributed by atoms with Gasteiger partial charge in [0.25, 0.3) is 8.05 Å². The predicted octanol–water partition coefficient (Wildman–Crippen LogP) is -0.930. The Hall–Kier alpha value is 0.0818. The van der Waals surface area contributed by atoms with E-state index in [1.165, 1.54) is 0 Å². The third-order valence-electron chi connectivity index (χ3n) is 2.45. The van der Waals surface area contributed by atoms with Crippen LogP contribution in [0.1, 0.15) is 27.7 Å². The number of rotatable bonds is 9. The molecule has 0 aromatic rings. The van der Waals surface area contributed by atoms with Gasteiger partial charge in [0, 0.05) is 0 Å². The molecule has 0 bridgehead atoms.